The second-order valence-electron chi connectivity index (χ2n) is 1.68. The molecular formula is C5H10O4. The molecule has 0 saturated heterocycles. The van der Waals surface area contributed by atoms with Crippen LogP contribution < -0.4 is 0 Å². The summed E-state index contributed by atoms with van der Waals surface area (Å²) < 4.78 is 4.15. The van der Waals surface area contributed by atoms with Crippen LogP contribution in [0, 0.1) is 5.92 Å². The predicted molar refractivity (Wildman–Crippen MR) is 29.4 cm³/mol. The number of carbonyl (C=O) groups is 1. The summed E-state index contributed by atoms with van der Waals surface area (Å²) in [6, 6.07) is 0. The van der Waals surface area contributed by atoms with E-state index in [0.717, 1.165) is 0 Å². The van der Waals surface area contributed by atoms with Crippen molar-refractivity contribution in [1.29, 1.82) is 0 Å². The molecule has 1 unspecified atom stereocenters. The third-order valence-corrected chi connectivity index (χ3v) is 0.883. The van der Waals surface area contributed by atoms with Crippen LogP contribution in [-0.2, 0) is 9.53 Å². The molecule has 0 aliphatic rings. The maximum atomic E-state index is 10.4. The highest BCUT2D eigenvalue weighted by atomic mass is 16.6. The number of carbonyl (C=O) groups excluding carboxylic acids is 1. The molecule has 2 N–H and O–H groups in total. The van der Waals surface area contributed by atoms with E-state index in [0.29, 0.717) is 0 Å². The summed E-state index contributed by atoms with van der Waals surface area (Å²) in [5.74, 6) is -1.13. The number of aliphatic hydroxyl groups is 2. The Morgan fingerprint density at radius 1 is 1.67 bits per heavy atom. The minimum atomic E-state index is -0.622. The van der Waals surface area contributed by atoms with Gasteiger partial charge < -0.3 is 14.9 Å². The first-order chi connectivity index (χ1) is 4.22. The Labute approximate surface area is 53.1 Å². The van der Waals surface area contributed by atoms with Crippen molar-refractivity contribution in [3.63, 3.8) is 0 Å². The summed E-state index contributed by atoms with van der Waals surface area (Å²) in [6.07, 6.45) is 0. The molecule has 1 atom stereocenters. The topological polar surface area (TPSA) is 66.8 Å². The van der Waals surface area contributed by atoms with Crippen molar-refractivity contribution in [2.45, 2.75) is 6.92 Å². The number of esters is 1. The fraction of sp³-hybridized carbons (Fsp3) is 0.800. The van der Waals surface area contributed by atoms with E-state index in [1.165, 1.54) is 6.92 Å². The van der Waals surface area contributed by atoms with E-state index >= 15 is 0 Å². The smallest absolute Gasteiger partial charge is 0.313 e. The van der Waals surface area contributed by atoms with Gasteiger partial charge in [-0.15, -0.1) is 0 Å². The van der Waals surface area contributed by atoms with E-state index in [-0.39, 0.29) is 6.61 Å². The Bertz CT molecular complexity index is 91.0. The zero-order chi connectivity index (χ0) is 7.28. The average Bonchev–Trinajstić information content (AvgIpc) is 1.87. The van der Waals surface area contributed by atoms with Gasteiger partial charge in [0.25, 0.3) is 0 Å². The lowest BCUT2D eigenvalue weighted by Gasteiger charge is -2.04. The van der Waals surface area contributed by atoms with Crippen molar-refractivity contribution < 1.29 is 19.7 Å². The Kier molecular flexibility index (Phi) is 4.00. The van der Waals surface area contributed by atoms with Crippen molar-refractivity contribution in [1.82, 2.24) is 0 Å². The van der Waals surface area contributed by atoms with Gasteiger partial charge in [0.05, 0.1) is 12.5 Å². The van der Waals surface area contributed by atoms with Crippen LogP contribution in [0.3, 0.4) is 0 Å². The number of rotatable bonds is 3. The molecule has 0 heterocycles. The maximum absolute atomic E-state index is 10.4. The molecule has 0 aliphatic carbocycles. The molecule has 4 nitrogen and oxygen atoms in total. The van der Waals surface area contributed by atoms with Gasteiger partial charge in [0.15, 0.2) is 6.79 Å². The Balaban J connectivity index is 3.46. The van der Waals surface area contributed by atoms with Gasteiger partial charge >= 0.3 is 5.97 Å². The Hall–Kier alpha value is -0.610. The molecule has 9 heavy (non-hydrogen) atoms. The first-order valence-electron chi connectivity index (χ1n) is 2.60. The molecule has 0 fully saturated rings. The van der Waals surface area contributed by atoms with Crippen LogP contribution in [0.2, 0.25) is 0 Å². The van der Waals surface area contributed by atoms with Gasteiger partial charge in [-0.05, 0) is 6.92 Å². The van der Waals surface area contributed by atoms with E-state index < -0.39 is 18.7 Å². The highest BCUT2D eigenvalue weighted by molar-refractivity contribution is 5.71. The largest absolute Gasteiger partial charge is 0.438 e. The molecule has 0 aliphatic heterocycles. The fourth-order valence-corrected chi connectivity index (χ4v) is 0.280. The lowest BCUT2D eigenvalue weighted by Crippen LogP contribution is -2.18. The number of aliphatic hydroxyl groups excluding tert-OH is 2. The average molecular weight is 134 g/mol. The van der Waals surface area contributed by atoms with E-state index in [1.807, 2.05) is 0 Å². The molecule has 0 spiro atoms. The van der Waals surface area contributed by atoms with Crippen molar-refractivity contribution in [3.05, 3.63) is 0 Å². The van der Waals surface area contributed by atoms with Gasteiger partial charge in [0, 0.05) is 0 Å². The molecule has 0 radical (unpaired) electrons. The molecule has 0 aromatic heterocycles. The summed E-state index contributed by atoms with van der Waals surface area (Å²) in [5.41, 5.74) is 0. The number of ether oxygens (including phenoxy) is 1. The van der Waals surface area contributed by atoms with E-state index in [9.17, 15) is 4.79 Å². The normalized spacial score (nSPS) is 12.8. The number of hydrogen-bond donors (Lipinski definition) is 2. The SMILES string of the molecule is CC(CO)C(=O)OCO. The minimum Gasteiger partial charge on any atom is -0.438 e. The van der Waals surface area contributed by atoms with Gasteiger partial charge in [0.1, 0.15) is 0 Å². The summed E-state index contributed by atoms with van der Waals surface area (Å²) in [7, 11) is 0. The summed E-state index contributed by atoms with van der Waals surface area (Å²) in [5, 5.41) is 16.4. The van der Waals surface area contributed by atoms with Crippen molar-refractivity contribution in [2.75, 3.05) is 13.4 Å². The first kappa shape index (κ1) is 8.39. The zero-order valence-corrected chi connectivity index (χ0v) is 5.20. The van der Waals surface area contributed by atoms with E-state index in [1.54, 1.807) is 0 Å². The van der Waals surface area contributed by atoms with E-state index in [4.69, 9.17) is 10.2 Å². The van der Waals surface area contributed by atoms with Crippen LogP contribution >= 0.6 is 0 Å². The van der Waals surface area contributed by atoms with Gasteiger partial charge in [0.2, 0.25) is 0 Å². The molecule has 0 bridgehead atoms. The molecule has 54 valence electrons. The van der Waals surface area contributed by atoms with Crippen molar-refractivity contribution in [2.24, 2.45) is 5.92 Å². The lowest BCUT2D eigenvalue weighted by atomic mass is 10.2. The molecule has 0 rings (SSSR count). The highest BCUT2D eigenvalue weighted by Crippen LogP contribution is 1.94. The Morgan fingerprint density at radius 2 is 2.22 bits per heavy atom. The van der Waals surface area contributed by atoms with Crippen LogP contribution in [0.4, 0.5) is 0 Å². The summed E-state index contributed by atoms with van der Waals surface area (Å²) >= 11 is 0. The second-order valence-corrected chi connectivity index (χ2v) is 1.68. The van der Waals surface area contributed by atoms with Crippen LogP contribution in [0.5, 0.6) is 0 Å². The molecule has 4 heteroatoms. The van der Waals surface area contributed by atoms with Gasteiger partial charge in [-0.1, -0.05) is 0 Å². The maximum Gasteiger partial charge on any atom is 0.313 e. The molecule has 0 aromatic carbocycles. The van der Waals surface area contributed by atoms with Crippen LogP contribution in [0.25, 0.3) is 0 Å². The quantitative estimate of drug-likeness (QED) is 0.388. The minimum absolute atomic E-state index is 0.251. The fourth-order valence-electron chi connectivity index (χ4n) is 0.280. The Morgan fingerprint density at radius 3 is 2.56 bits per heavy atom. The van der Waals surface area contributed by atoms with Gasteiger partial charge in [-0.2, -0.15) is 0 Å². The van der Waals surface area contributed by atoms with Crippen molar-refractivity contribution in [3.8, 4) is 0 Å². The molecule has 0 amide bonds. The number of hydrogen-bond acceptors (Lipinski definition) is 4. The van der Waals surface area contributed by atoms with Gasteiger partial charge in [-0.25, -0.2) is 0 Å². The van der Waals surface area contributed by atoms with Crippen LogP contribution in [0.1, 0.15) is 6.92 Å². The summed E-state index contributed by atoms with van der Waals surface area (Å²) in [6.45, 7) is 0.639. The monoisotopic (exact) mass is 134 g/mol. The van der Waals surface area contributed by atoms with Crippen LogP contribution in [0.15, 0.2) is 0 Å². The molecular weight excluding hydrogens is 124 g/mol. The van der Waals surface area contributed by atoms with Crippen molar-refractivity contribution >= 4 is 5.97 Å². The first-order valence-corrected chi connectivity index (χ1v) is 2.60. The van der Waals surface area contributed by atoms with Gasteiger partial charge in [-0.3, -0.25) is 4.79 Å². The lowest BCUT2D eigenvalue weighted by molar-refractivity contribution is -0.157. The molecule has 0 aromatic rings. The standard InChI is InChI=1S/C5H10O4/c1-4(2-6)5(8)9-3-7/h4,6-7H,2-3H2,1H3. The second kappa shape index (κ2) is 4.29. The summed E-state index contributed by atoms with van der Waals surface area (Å²) in [4.78, 5) is 10.4. The van der Waals surface area contributed by atoms with E-state index in [2.05, 4.69) is 4.74 Å². The predicted octanol–water partition coefficient (Wildman–Crippen LogP) is -0.892. The zero-order valence-electron chi connectivity index (χ0n) is 5.20. The van der Waals surface area contributed by atoms with Crippen LogP contribution in [-0.4, -0.2) is 29.6 Å². The third kappa shape index (κ3) is 3.05. The third-order valence-electron chi connectivity index (χ3n) is 0.883. The highest BCUT2D eigenvalue weighted by Gasteiger charge is 2.11. The molecule has 0 saturated carbocycles.